The zero-order chi connectivity index (χ0) is 24.0. The number of nitro groups is 1. The first-order chi connectivity index (χ1) is 16.4. The highest BCUT2D eigenvalue weighted by molar-refractivity contribution is 6.06. The van der Waals surface area contributed by atoms with Crippen LogP contribution in [0, 0.1) is 10.1 Å². The maximum absolute atomic E-state index is 13.4. The van der Waals surface area contributed by atoms with E-state index in [2.05, 4.69) is 5.10 Å². The van der Waals surface area contributed by atoms with Crippen molar-refractivity contribution in [3.8, 4) is 11.4 Å². The molecule has 3 heterocycles. The molecule has 0 bridgehead atoms. The van der Waals surface area contributed by atoms with Crippen molar-refractivity contribution in [2.45, 2.75) is 26.4 Å². The summed E-state index contributed by atoms with van der Waals surface area (Å²) in [5, 5.41) is 16.3. The quantitative estimate of drug-likeness (QED) is 0.307. The van der Waals surface area contributed by atoms with Crippen molar-refractivity contribution >= 4 is 33.6 Å². The molecule has 2 aromatic carbocycles. The van der Waals surface area contributed by atoms with E-state index < -0.39 is 16.3 Å². The molecule has 0 aliphatic heterocycles. The molecular formula is C24H23N7O3. The maximum Gasteiger partial charge on any atom is 0.398 e. The monoisotopic (exact) mass is 457 g/mol. The Morgan fingerprint density at radius 2 is 1.79 bits per heavy atom. The third-order valence-corrected chi connectivity index (χ3v) is 6.13. The van der Waals surface area contributed by atoms with Crippen molar-refractivity contribution in [1.82, 2.24) is 23.9 Å². The average Bonchev–Trinajstić information content (AvgIpc) is 3.32. The first-order valence-electron chi connectivity index (χ1n) is 10.9. The van der Waals surface area contributed by atoms with Gasteiger partial charge in [0.15, 0.2) is 0 Å². The molecule has 10 nitrogen and oxygen atoms in total. The number of aromatic nitrogens is 5. The summed E-state index contributed by atoms with van der Waals surface area (Å²) in [7, 11) is 1.82. The molecule has 0 atom stereocenters. The van der Waals surface area contributed by atoms with E-state index in [0.29, 0.717) is 24.4 Å². The van der Waals surface area contributed by atoms with Crippen LogP contribution in [-0.4, -0.2) is 28.8 Å². The van der Waals surface area contributed by atoms with Crippen molar-refractivity contribution in [3.63, 3.8) is 0 Å². The molecule has 0 spiro atoms. The highest BCUT2D eigenvalue weighted by atomic mass is 16.6. The Morgan fingerprint density at radius 1 is 1.09 bits per heavy atom. The Balaban J connectivity index is 1.85. The number of nitrogens with zero attached hydrogens (tertiary/aromatic N) is 6. The minimum atomic E-state index is -0.568. The summed E-state index contributed by atoms with van der Waals surface area (Å²) < 4.78 is 4.61. The molecule has 0 aliphatic rings. The number of rotatable bonds is 6. The van der Waals surface area contributed by atoms with Crippen LogP contribution < -0.4 is 11.3 Å². The number of hydrogen-bond acceptors (Lipinski definition) is 6. The maximum atomic E-state index is 13.4. The Morgan fingerprint density at radius 3 is 2.47 bits per heavy atom. The number of para-hydroxylation sites is 2. The van der Waals surface area contributed by atoms with Gasteiger partial charge in [-0.05, 0) is 36.0 Å². The molecule has 0 fully saturated rings. The van der Waals surface area contributed by atoms with Gasteiger partial charge in [-0.3, -0.25) is 4.79 Å². The van der Waals surface area contributed by atoms with Crippen LogP contribution in [0.5, 0.6) is 0 Å². The predicted molar refractivity (Wildman–Crippen MR) is 131 cm³/mol. The van der Waals surface area contributed by atoms with E-state index in [4.69, 9.17) is 10.7 Å². The zero-order valence-corrected chi connectivity index (χ0v) is 18.8. The summed E-state index contributed by atoms with van der Waals surface area (Å²) in [5.74, 6) is 0.282. The summed E-state index contributed by atoms with van der Waals surface area (Å²) in [6.07, 6.45) is 0.596. The lowest BCUT2D eigenvalue weighted by Crippen LogP contribution is -2.25. The van der Waals surface area contributed by atoms with Crippen LogP contribution in [0.25, 0.3) is 33.3 Å². The van der Waals surface area contributed by atoms with Crippen LogP contribution in [0.3, 0.4) is 0 Å². The number of imidazole rings is 1. The number of benzene rings is 2. The number of aryl methyl sites for hydroxylation is 4. The predicted octanol–water partition coefficient (Wildman–Crippen LogP) is 3.50. The van der Waals surface area contributed by atoms with Crippen molar-refractivity contribution in [2.24, 2.45) is 7.05 Å². The smallest absolute Gasteiger partial charge is 0.384 e. The van der Waals surface area contributed by atoms with E-state index in [9.17, 15) is 14.9 Å². The van der Waals surface area contributed by atoms with E-state index in [-0.39, 0.29) is 23.3 Å². The third kappa shape index (κ3) is 3.22. The largest absolute Gasteiger partial charge is 0.398 e. The van der Waals surface area contributed by atoms with Gasteiger partial charge in [0.1, 0.15) is 22.5 Å². The van der Waals surface area contributed by atoms with Crippen LogP contribution >= 0.6 is 0 Å². The standard InChI is InChI=1S/C24H23N7O3/c1-3-30-24(32)20-18(23(27-30)31(33)34)19(22-26-16-11-7-8-12-17(16)28(22)2)21(25)29(20)14-13-15-9-5-4-6-10-15/h4-12H,3,13-14,25H2,1-2H3. The van der Waals surface area contributed by atoms with Crippen LogP contribution in [-0.2, 0) is 26.6 Å². The molecule has 5 rings (SSSR count). The highest BCUT2D eigenvalue weighted by Gasteiger charge is 2.32. The molecule has 0 saturated heterocycles. The molecule has 0 amide bonds. The third-order valence-electron chi connectivity index (χ3n) is 6.13. The molecule has 0 aliphatic carbocycles. The molecule has 0 radical (unpaired) electrons. The Bertz CT molecular complexity index is 1610. The van der Waals surface area contributed by atoms with Crippen molar-refractivity contribution in [3.05, 3.63) is 80.6 Å². The van der Waals surface area contributed by atoms with Crippen molar-refractivity contribution in [1.29, 1.82) is 0 Å². The van der Waals surface area contributed by atoms with Gasteiger partial charge in [-0.15, -0.1) is 4.68 Å². The second-order valence-electron chi connectivity index (χ2n) is 8.06. The first-order valence-corrected chi connectivity index (χ1v) is 10.9. The Kier molecular flexibility index (Phi) is 5.12. The highest BCUT2D eigenvalue weighted by Crippen LogP contribution is 2.40. The second kappa shape index (κ2) is 8.14. The molecule has 10 heteroatoms. The van der Waals surface area contributed by atoms with Crippen LogP contribution in [0.15, 0.2) is 59.4 Å². The van der Waals surface area contributed by atoms with Gasteiger partial charge in [-0.25, -0.2) is 4.98 Å². The van der Waals surface area contributed by atoms with Gasteiger partial charge in [-0.1, -0.05) is 42.5 Å². The number of hydrogen-bond donors (Lipinski definition) is 1. The Labute approximate surface area is 194 Å². The fourth-order valence-electron chi connectivity index (χ4n) is 4.46. The van der Waals surface area contributed by atoms with Gasteiger partial charge in [0.05, 0.1) is 28.2 Å². The summed E-state index contributed by atoms with van der Waals surface area (Å²) in [6, 6.07) is 17.3. The van der Waals surface area contributed by atoms with E-state index >= 15 is 0 Å². The summed E-state index contributed by atoms with van der Waals surface area (Å²) in [4.78, 5) is 29.6. The molecule has 2 N–H and O–H groups in total. The minimum absolute atomic E-state index is 0.115. The van der Waals surface area contributed by atoms with E-state index in [1.165, 1.54) is 0 Å². The van der Waals surface area contributed by atoms with E-state index in [1.807, 2.05) is 66.2 Å². The van der Waals surface area contributed by atoms with Gasteiger partial charge in [-0.2, -0.15) is 0 Å². The number of nitrogens with two attached hydrogens (primary N) is 1. The van der Waals surface area contributed by atoms with Crippen LogP contribution in [0.4, 0.5) is 11.6 Å². The summed E-state index contributed by atoms with van der Waals surface area (Å²) in [5.41, 5.74) is 9.37. The van der Waals surface area contributed by atoms with E-state index in [1.54, 1.807) is 11.5 Å². The van der Waals surface area contributed by atoms with Crippen LogP contribution in [0.2, 0.25) is 0 Å². The minimum Gasteiger partial charge on any atom is -0.384 e. The van der Waals surface area contributed by atoms with Gasteiger partial charge in [0.25, 0.3) is 0 Å². The fourth-order valence-corrected chi connectivity index (χ4v) is 4.46. The lowest BCUT2D eigenvalue weighted by atomic mass is 10.1. The first kappa shape index (κ1) is 21.4. The average molecular weight is 457 g/mol. The Hall–Kier alpha value is -4.47. The van der Waals surface area contributed by atoms with Crippen molar-refractivity contribution in [2.75, 3.05) is 5.73 Å². The summed E-state index contributed by atoms with van der Waals surface area (Å²) in [6.45, 7) is 2.29. The van der Waals surface area contributed by atoms with Gasteiger partial charge in [0, 0.05) is 13.6 Å². The molecule has 34 heavy (non-hydrogen) atoms. The van der Waals surface area contributed by atoms with E-state index in [0.717, 1.165) is 21.3 Å². The van der Waals surface area contributed by atoms with Gasteiger partial charge >= 0.3 is 11.4 Å². The normalized spacial score (nSPS) is 11.5. The topological polar surface area (TPSA) is 127 Å². The number of fused-ring (bicyclic) bond motifs is 2. The summed E-state index contributed by atoms with van der Waals surface area (Å²) >= 11 is 0. The molecule has 0 unspecified atom stereocenters. The van der Waals surface area contributed by atoms with Gasteiger partial charge < -0.3 is 25.0 Å². The molecular weight excluding hydrogens is 434 g/mol. The second-order valence-corrected chi connectivity index (χ2v) is 8.06. The van der Waals surface area contributed by atoms with Crippen LogP contribution in [0.1, 0.15) is 12.5 Å². The number of nitrogen functional groups attached to an aromatic ring is 1. The van der Waals surface area contributed by atoms with Gasteiger partial charge in [0.2, 0.25) is 0 Å². The van der Waals surface area contributed by atoms with Crippen molar-refractivity contribution < 1.29 is 4.92 Å². The molecule has 3 aromatic heterocycles. The lowest BCUT2D eigenvalue weighted by molar-refractivity contribution is -0.388. The zero-order valence-electron chi connectivity index (χ0n) is 18.8. The number of anilines is 1. The molecule has 0 saturated carbocycles. The SMILES string of the molecule is CCn1nc([N+](=O)[O-])c2c(-c3nc4ccccc4n3C)c(N)n(CCc3ccccc3)c2c1=O. The molecule has 172 valence electrons. The molecule has 5 aromatic rings. The lowest BCUT2D eigenvalue weighted by Gasteiger charge is -2.08. The fraction of sp³-hybridized carbons (Fsp3) is 0.208.